The summed E-state index contributed by atoms with van der Waals surface area (Å²) in [5, 5.41) is 0. The highest BCUT2D eigenvalue weighted by atomic mass is 16.7. The Labute approximate surface area is 163 Å². The first kappa shape index (κ1) is 25.0. The molecule has 0 saturated heterocycles. The Morgan fingerprint density at radius 2 is 1.38 bits per heavy atom. The number of ether oxygens (including phenoxy) is 2. The SMILES string of the molecule is CC.CCOC(CC(C(C)C)C(C)C)Oc1ccc(CC(C)(C)C)cc1. The third-order valence-corrected chi connectivity index (χ3v) is 4.46. The summed E-state index contributed by atoms with van der Waals surface area (Å²) in [4.78, 5) is 0. The average Bonchev–Trinajstić information content (AvgIpc) is 2.54. The van der Waals surface area contributed by atoms with Crippen LogP contribution in [0.5, 0.6) is 5.75 Å². The molecule has 0 aliphatic heterocycles. The van der Waals surface area contributed by atoms with Crippen molar-refractivity contribution in [2.75, 3.05) is 6.61 Å². The van der Waals surface area contributed by atoms with Gasteiger partial charge in [0.25, 0.3) is 0 Å². The van der Waals surface area contributed by atoms with Crippen LogP contribution in [0.25, 0.3) is 0 Å². The van der Waals surface area contributed by atoms with Crippen LogP contribution in [0.4, 0.5) is 0 Å². The first-order valence-electron chi connectivity index (χ1n) is 10.5. The van der Waals surface area contributed by atoms with Crippen molar-refractivity contribution in [3.8, 4) is 5.75 Å². The van der Waals surface area contributed by atoms with E-state index in [1.54, 1.807) is 0 Å². The maximum Gasteiger partial charge on any atom is 0.200 e. The van der Waals surface area contributed by atoms with E-state index in [1.165, 1.54) is 5.56 Å². The largest absolute Gasteiger partial charge is 0.465 e. The molecule has 0 heterocycles. The zero-order valence-corrected chi connectivity index (χ0v) is 19.1. The Hall–Kier alpha value is -1.02. The van der Waals surface area contributed by atoms with E-state index in [1.807, 2.05) is 20.8 Å². The van der Waals surface area contributed by atoms with Crippen LogP contribution in [0.3, 0.4) is 0 Å². The Morgan fingerprint density at radius 3 is 1.77 bits per heavy atom. The summed E-state index contributed by atoms with van der Waals surface area (Å²) >= 11 is 0. The molecule has 0 spiro atoms. The Kier molecular flexibility index (Phi) is 11.9. The van der Waals surface area contributed by atoms with Crippen LogP contribution in [0.2, 0.25) is 0 Å². The van der Waals surface area contributed by atoms with Gasteiger partial charge in [-0.15, -0.1) is 0 Å². The topological polar surface area (TPSA) is 18.5 Å². The van der Waals surface area contributed by atoms with Crippen LogP contribution in [0.15, 0.2) is 24.3 Å². The molecule has 1 unspecified atom stereocenters. The molecule has 26 heavy (non-hydrogen) atoms. The minimum absolute atomic E-state index is 0.168. The molecule has 0 radical (unpaired) electrons. The van der Waals surface area contributed by atoms with Crippen LogP contribution < -0.4 is 4.74 Å². The first-order chi connectivity index (χ1) is 12.1. The number of rotatable bonds is 9. The molecule has 1 rings (SSSR count). The van der Waals surface area contributed by atoms with Crippen molar-refractivity contribution in [3.05, 3.63) is 29.8 Å². The summed E-state index contributed by atoms with van der Waals surface area (Å²) < 4.78 is 12.0. The molecule has 1 atom stereocenters. The normalized spacial score (nSPS) is 13.0. The molecule has 1 aromatic carbocycles. The predicted octanol–water partition coefficient (Wildman–Crippen LogP) is 7.36. The van der Waals surface area contributed by atoms with Gasteiger partial charge in [-0.3, -0.25) is 0 Å². The summed E-state index contributed by atoms with van der Waals surface area (Å²) in [5.41, 5.74) is 1.66. The van der Waals surface area contributed by atoms with Crippen molar-refractivity contribution in [2.24, 2.45) is 23.2 Å². The molecule has 2 heteroatoms. The van der Waals surface area contributed by atoms with Crippen molar-refractivity contribution in [2.45, 2.75) is 88.4 Å². The second-order valence-electron chi connectivity index (χ2n) is 8.77. The fourth-order valence-corrected chi connectivity index (χ4v) is 3.32. The molecule has 0 aliphatic carbocycles. The van der Waals surface area contributed by atoms with E-state index < -0.39 is 0 Å². The molecule has 0 N–H and O–H groups in total. The van der Waals surface area contributed by atoms with Gasteiger partial charge >= 0.3 is 0 Å². The van der Waals surface area contributed by atoms with Crippen molar-refractivity contribution >= 4 is 0 Å². The quantitative estimate of drug-likeness (QED) is 0.426. The summed E-state index contributed by atoms with van der Waals surface area (Å²) in [7, 11) is 0. The van der Waals surface area contributed by atoms with Crippen LogP contribution >= 0.6 is 0 Å². The second kappa shape index (κ2) is 12.4. The summed E-state index contributed by atoms with van der Waals surface area (Å²) in [5.74, 6) is 2.76. The number of hydrogen-bond acceptors (Lipinski definition) is 2. The van der Waals surface area contributed by atoms with Crippen molar-refractivity contribution in [3.63, 3.8) is 0 Å². The van der Waals surface area contributed by atoms with E-state index in [-0.39, 0.29) is 6.29 Å². The molecule has 0 saturated carbocycles. The van der Waals surface area contributed by atoms with Crippen molar-refractivity contribution < 1.29 is 9.47 Å². The van der Waals surface area contributed by atoms with E-state index in [9.17, 15) is 0 Å². The Bertz CT molecular complexity index is 446. The van der Waals surface area contributed by atoms with Gasteiger partial charge < -0.3 is 9.47 Å². The standard InChI is InChI=1S/C22H38O2.C2H6/c1-9-23-21(14-20(16(2)3)17(4)5)24-19-12-10-18(11-13-19)15-22(6,7)8;1-2/h10-13,16-17,20-21H,9,14-15H2,1-8H3;1-2H3. The lowest BCUT2D eigenvalue weighted by Crippen LogP contribution is -2.28. The van der Waals surface area contributed by atoms with Gasteiger partial charge in [-0.05, 0) is 54.2 Å². The van der Waals surface area contributed by atoms with Gasteiger partial charge in [0.1, 0.15) is 5.75 Å². The minimum atomic E-state index is -0.168. The van der Waals surface area contributed by atoms with Gasteiger partial charge in [0, 0.05) is 13.0 Å². The van der Waals surface area contributed by atoms with E-state index in [2.05, 4.69) is 72.7 Å². The van der Waals surface area contributed by atoms with Crippen LogP contribution in [-0.2, 0) is 11.2 Å². The van der Waals surface area contributed by atoms with Gasteiger partial charge in [-0.1, -0.05) is 74.4 Å². The lowest BCUT2D eigenvalue weighted by atomic mass is 9.83. The van der Waals surface area contributed by atoms with Gasteiger partial charge in [0.05, 0.1) is 0 Å². The van der Waals surface area contributed by atoms with Crippen LogP contribution in [-0.4, -0.2) is 12.9 Å². The summed E-state index contributed by atoms with van der Waals surface area (Å²) in [6.07, 6.45) is 1.84. The van der Waals surface area contributed by atoms with Crippen molar-refractivity contribution in [1.82, 2.24) is 0 Å². The maximum atomic E-state index is 6.15. The van der Waals surface area contributed by atoms with Gasteiger partial charge in [-0.2, -0.15) is 0 Å². The average molecular weight is 365 g/mol. The van der Waals surface area contributed by atoms with Crippen LogP contribution in [0.1, 0.15) is 81.2 Å². The first-order valence-corrected chi connectivity index (χ1v) is 10.5. The molecule has 0 aromatic heterocycles. The Morgan fingerprint density at radius 1 is 0.885 bits per heavy atom. The molecule has 0 amide bonds. The third-order valence-electron chi connectivity index (χ3n) is 4.46. The highest BCUT2D eigenvalue weighted by Gasteiger charge is 2.24. The lowest BCUT2D eigenvalue weighted by Gasteiger charge is -2.29. The monoisotopic (exact) mass is 364 g/mol. The molecule has 2 nitrogen and oxygen atoms in total. The highest BCUT2D eigenvalue weighted by molar-refractivity contribution is 5.28. The van der Waals surface area contributed by atoms with Crippen molar-refractivity contribution in [1.29, 1.82) is 0 Å². The van der Waals surface area contributed by atoms with Crippen LogP contribution in [0, 0.1) is 23.2 Å². The number of hydrogen-bond donors (Lipinski definition) is 0. The minimum Gasteiger partial charge on any atom is -0.465 e. The molecular formula is C24H44O2. The maximum absolute atomic E-state index is 6.15. The lowest BCUT2D eigenvalue weighted by molar-refractivity contribution is -0.0948. The molecule has 1 aromatic rings. The second-order valence-corrected chi connectivity index (χ2v) is 8.77. The number of benzene rings is 1. The van der Waals surface area contributed by atoms with E-state index in [4.69, 9.17) is 9.47 Å². The Balaban J connectivity index is 0.00000301. The van der Waals surface area contributed by atoms with E-state index in [0.29, 0.717) is 29.8 Å². The highest BCUT2D eigenvalue weighted by Crippen LogP contribution is 2.28. The zero-order chi connectivity index (χ0) is 20.3. The fourth-order valence-electron chi connectivity index (χ4n) is 3.32. The molecule has 152 valence electrons. The third kappa shape index (κ3) is 10.2. The van der Waals surface area contributed by atoms with Gasteiger partial charge in [-0.25, -0.2) is 0 Å². The summed E-state index contributed by atoms with van der Waals surface area (Å²) in [6.45, 7) is 22.6. The summed E-state index contributed by atoms with van der Waals surface area (Å²) in [6, 6.07) is 8.50. The molecule has 0 bridgehead atoms. The van der Waals surface area contributed by atoms with Gasteiger partial charge in [0.15, 0.2) is 6.29 Å². The smallest absolute Gasteiger partial charge is 0.200 e. The van der Waals surface area contributed by atoms with E-state index in [0.717, 1.165) is 18.6 Å². The molecular weight excluding hydrogens is 320 g/mol. The van der Waals surface area contributed by atoms with E-state index >= 15 is 0 Å². The fraction of sp³-hybridized carbons (Fsp3) is 0.750. The predicted molar refractivity (Wildman–Crippen MR) is 115 cm³/mol. The molecule has 0 fully saturated rings. The molecule has 0 aliphatic rings. The zero-order valence-electron chi connectivity index (χ0n) is 19.1. The van der Waals surface area contributed by atoms with Gasteiger partial charge in [0.2, 0.25) is 0 Å².